The topological polar surface area (TPSA) is 75.1 Å². The van der Waals surface area contributed by atoms with Crippen molar-refractivity contribution in [2.45, 2.75) is 13.3 Å². The summed E-state index contributed by atoms with van der Waals surface area (Å²) in [5, 5.41) is 11.4. The number of aliphatic hydroxyl groups excluding tert-OH is 1. The molecule has 5 heteroatoms. The van der Waals surface area contributed by atoms with E-state index in [1.165, 1.54) is 6.20 Å². The van der Waals surface area contributed by atoms with Gasteiger partial charge in [-0.25, -0.2) is 4.98 Å². The summed E-state index contributed by atoms with van der Waals surface area (Å²) >= 11 is 0. The Hall–Kier alpha value is -2.71. The zero-order valence-electron chi connectivity index (χ0n) is 11.6. The molecular weight excluding hydrogens is 266 g/mol. The summed E-state index contributed by atoms with van der Waals surface area (Å²) in [6.45, 7) is 1.86. The average Bonchev–Trinajstić information content (AvgIpc) is 2.50. The zero-order valence-corrected chi connectivity index (χ0v) is 11.6. The molecule has 0 spiro atoms. The van der Waals surface area contributed by atoms with Crippen molar-refractivity contribution in [2.24, 2.45) is 0 Å². The van der Waals surface area contributed by atoms with Gasteiger partial charge in [0.2, 0.25) is 0 Å². The zero-order chi connectivity index (χ0) is 15.1. The van der Waals surface area contributed by atoms with Gasteiger partial charge in [-0.3, -0.25) is 9.78 Å². The Kier molecular flexibility index (Phi) is 5.02. The molecule has 21 heavy (non-hydrogen) atoms. The van der Waals surface area contributed by atoms with E-state index in [0.29, 0.717) is 23.4 Å². The third kappa shape index (κ3) is 4.13. The Bertz CT molecular complexity index is 685. The molecule has 0 bridgehead atoms. The molecule has 2 heterocycles. The van der Waals surface area contributed by atoms with Crippen LogP contribution in [0.25, 0.3) is 0 Å². The van der Waals surface area contributed by atoms with Crippen molar-refractivity contribution in [2.75, 3.05) is 11.9 Å². The number of nitrogens with zero attached hydrogens (tertiary/aromatic N) is 2. The summed E-state index contributed by atoms with van der Waals surface area (Å²) in [5.41, 5.74) is 2.43. The molecule has 0 aliphatic heterocycles. The second kappa shape index (κ2) is 7.17. The molecule has 0 aromatic carbocycles. The van der Waals surface area contributed by atoms with Crippen LogP contribution >= 0.6 is 0 Å². The van der Waals surface area contributed by atoms with Crippen LogP contribution in [0.2, 0.25) is 0 Å². The van der Waals surface area contributed by atoms with E-state index in [2.05, 4.69) is 27.1 Å². The summed E-state index contributed by atoms with van der Waals surface area (Å²) in [6.07, 6.45) is 3.63. The van der Waals surface area contributed by atoms with E-state index in [1.807, 2.05) is 6.92 Å². The second-order valence-corrected chi connectivity index (χ2v) is 4.30. The molecule has 0 aliphatic carbocycles. The van der Waals surface area contributed by atoms with Crippen LogP contribution in [0.3, 0.4) is 0 Å². The Morgan fingerprint density at radius 1 is 1.33 bits per heavy atom. The first-order valence-electron chi connectivity index (χ1n) is 6.49. The van der Waals surface area contributed by atoms with E-state index in [1.54, 1.807) is 30.5 Å². The highest BCUT2D eigenvalue weighted by molar-refractivity contribution is 6.03. The molecular formula is C16H15N3O2. The second-order valence-electron chi connectivity index (χ2n) is 4.30. The predicted octanol–water partition coefficient (Wildman–Crippen LogP) is 1.77. The first-order chi connectivity index (χ1) is 10.2. The van der Waals surface area contributed by atoms with Crippen LogP contribution in [-0.2, 0) is 0 Å². The van der Waals surface area contributed by atoms with E-state index in [4.69, 9.17) is 5.11 Å². The van der Waals surface area contributed by atoms with Crippen molar-refractivity contribution in [1.29, 1.82) is 0 Å². The molecule has 0 unspecified atom stereocenters. The van der Waals surface area contributed by atoms with E-state index < -0.39 is 0 Å². The number of hydrogen-bond donors (Lipinski definition) is 2. The normalized spacial score (nSPS) is 9.62. The van der Waals surface area contributed by atoms with Gasteiger partial charge in [-0.2, -0.15) is 0 Å². The first-order valence-corrected chi connectivity index (χ1v) is 6.49. The van der Waals surface area contributed by atoms with E-state index in [9.17, 15) is 4.79 Å². The molecule has 0 fully saturated rings. The number of hydrogen-bond acceptors (Lipinski definition) is 4. The Morgan fingerprint density at radius 3 is 2.86 bits per heavy atom. The fourth-order valence-electron chi connectivity index (χ4n) is 1.63. The molecule has 0 saturated carbocycles. The number of aliphatic hydroxyl groups is 1. The smallest absolute Gasteiger partial charge is 0.274 e. The highest BCUT2D eigenvalue weighted by Gasteiger charge is 2.08. The van der Waals surface area contributed by atoms with Gasteiger partial charge in [0, 0.05) is 24.4 Å². The highest BCUT2D eigenvalue weighted by Crippen LogP contribution is 2.11. The number of aryl methyl sites for hydroxylation is 1. The van der Waals surface area contributed by atoms with Crippen molar-refractivity contribution in [1.82, 2.24) is 9.97 Å². The summed E-state index contributed by atoms with van der Waals surface area (Å²) in [6, 6.07) is 6.89. The first kappa shape index (κ1) is 14.7. The maximum Gasteiger partial charge on any atom is 0.274 e. The number of nitrogens with one attached hydrogen (secondary N) is 1. The summed E-state index contributed by atoms with van der Waals surface area (Å²) < 4.78 is 0. The SMILES string of the molecule is Cc1ncccc1NC(=O)c1ccc(C#CCCO)cn1. The van der Waals surface area contributed by atoms with Crippen LogP contribution in [-0.4, -0.2) is 27.6 Å². The van der Waals surface area contributed by atoms with Crippen LogP contribution in [0, 0.1) is 18.8 Å². The lowest BCUT2D eigenvalue weighted by Gasteiger charge is -2.06. The highest BCUT2D eigenvalue weighted by atomic mass is 16.2. The van der Waals surface area contributed by atoms with Crippen LogP contribution in [0.1, 0.15) is 28.2 Å². The summed E-state index contributed by atoms with van der Waals surface area (Å²) in [5.74, 6) is 5.36. The van der Waals surface area contributed by atoms with Crippen LogP contribution in [0.4, 0.5) is 5.69 Å². The van der Waals surface area contributed by atoms with Crippen molar-refractivity contribution >= 4 is 11.6 Å². The number of pyridine rings is 2. The number of anilines is 1. The average molecular weight is 281 g/mol. The molecule has 2 rings (SSSR count). The van der Waals surface area contributed by atoms with Gasteiger partial charge in [0.25, 0.3) is 5.91 Å². The lowest BCUT2D eigenvalue weighted by atomic mass is 10.2. The van der Waals surface area contributed by atoms with Gasteiger partial charge < -0.3 is 10.4 Å². The van der Waals surface area contributed by atoms with Crippen molar-refractivity contribution in [3.05, 3.63) is 53.6 Å². The minimum absolute atomic E-state index is 0.0331. The third-order valence-electron chi connectivity index (χ3n) is 2.72. The van der Waals surface area contributed by atoms with Gasteiger partial charge in [-0.1, -0.05) is 11.8 Å². The monoisotopic (exact) mass is 281 g/mol. The lowest BCUT2D eigenvalue weighted by Crippen LogP contribution is -2.14. The lowest BCUT2D eigenvalue weighted by molar-refractivity contribution is 0.102. The molecule has 1 amide bonds. The number of aromatic nitrogens is 2. The Labute approximate surface area is 123 Å². The Balaban J connectivity index is 2.07. The number of carbonyl (C=O) groups excluding carboxylic acids is 1. The number of carbonyl (C=O) groups is 1. The molecule has 0 radical (unpaired) electrons. The van der Waals surface area contributed by atoms with Crippen molar-refractivity contribution < 1.29 is 9.90 Å². The van der Waals surface area contributed by atoms with Gasteiger partial charge in [0.1, 0.15) is 5.69 Å². The maximum atomic E-state index is 12.1. The van der Waals surface area contributed by atoms with Gasteiger partial charge in [0.15, 0.2) is 0 Å². The van der Waals surface area contributed by atoms with Crippen LogP contribution in [0.5, 0.6) is 0 Å². The van der Waals surface area contributed by atoms with Gasteiger partial charge in [0.05, 0.1) is 18.0 Å². The molecule has 106 valence electrons. The standard InChI is InChI=1S/C16H15N3O2/c1-12-14(6-4-9-17-12)19-16(21)15-8-7-13(11-18-15)5-2-3-10-20/h4,6-9,11,20H,3,10H2,1H3,(H,19,21). The maximum absolute atomic E-state index is 12.1. The molecule has 5 nitrogen and oxygen atoms in total. The quantitative estimate of drug-likeness (QED) is 0.841. The number of amides is 1. The molecule has 0 saturated heterocycles. The minimum atomic E-state index is -0.291. The number of rotatable bonds is 3. The van der Waals surface area contributed by atoms with Crippen LogP contribution in [0.15, 0.2) is 36.7 Å². The summed E-state index contributed by atoms with van der Waals surface area (Å²) in [4.78, 5) is 20.3. The molecule has 0 atom stereocenters. The minimum Gasteiger partial charge on any atom is -0.395 e. The summed E-state index contributed by atoms with van der Waals surface area (Å²) in [7, 11) is 0. The largest absolute Gasteiger partial charge is 0.395 e. The molecule has 2 aromatic heterocycles. The third-order valence-corrected chi connectivity index (χ3v) is 2.72. The Morgan fingerprint density at radius 2 is 2.19 bits per heavy atom. The van der Waals surface area contributed by atoms with E-state index in [-0.39, 0.29) is 12.5 Å². The van der Waals surface area contributed by atoms with Crippen molar-refractivity contribution in [3.8, 4) is 11.8 Å². The molecule has 2 aromatic rings. The fraction of sp³-hybridized carbons (Fsp3) is 0.188. The van der Waals surface area contributed by atoms with Crippen molar-refractivity contribution in [3.63, 3.8) is 0 Å². The van der Waals surface area contributed by atoms with Gasteiger partial charge >= 0.3 is 0 Å². The van der Waals surface area contributed by atoms with E-state index >= 15 is 0 Å². The molecule has 2 N–H and O–H groups in total. The van der Waals surface area contributed by atoms with Gasteiger partial charge in [-0.15, -0.1) is 0 Å². The van der Waals surface area contributed by atoms with Gasteiger partial charge in [-0.05, 0) is 31.2 Å². The molecule has 0 aliphatic rings. The van der Waals surface area contributed by atoms with E-state index in [0.717, 1.165) is 5.69 Å². The predicted molar refractivity (Wildman–Crippen MR) is 79.7 cm³/mol. The van der Waals surface area contributed by atoms with Crippen LogP contribution < -0.4 is 5.32 Å². The fourth-order valence-corrected chi connectivity index (χ4v) is 1.63.